The van der Waals surface area contributed by atoms with Crippen molar-refractivity contribution < 1.29 is 33.0 Å². The van der Waals surface area contributed by atoms with E-state index in [4.69, 9.17) is 26.8 Å². The van der Waals surface area contributed by atoms with Crippen molar-refractivity contribution in [3.05, 3.63) is 116 Å². The van der Waals surface area contributed by atoms with E-state index >= 15 is 4.39 Å². The summed E-state index contributed by atoms with van der Waals surface area (Å²) in [7, 11) is 1.46. The van der Waals surface area contributed by atoms with Crippen molar-refractivity contribution in [2.75, 3.05) is 20.3 Å². The lowest BCUT2D eigenvalue weighted by molar-refractivity contribution is -0.123. The minimum Gasteiger partial charge on any atom is -0.494 e. The first-order valence-corrected chi connectivity index (χ1v) is 15.4. The molecule has 0 fully saturated rings. The number of ether oxygens (including phenoxy) is 2. The summed E-state index contributed by atoms with van der Waals surface area (Å²) in [6, 6.07) is 16.4. The third-order valence-corrected chi connectivity index (χ3v) is 8.98. The maximum Gasteiger partial charge on any atom is 0.251 e. The van der Waals surface area contributed by atoms with Gasteiger partial charge in [-0.3, -0.25) is 14.6 Å². The van der Waals surface area contributed by atoms with Crippen LogP contribution in [-0.2, 0) is 15.8 Å². The summed E-state index contributed by atoms with van der Waals surface area (Å²) in [5, 5.41) is 15.5. The van der Waals surface area contributed by atoms with Gasteiger partial charge in [0.05, 0.1) is 24.4 Å². The highest BCUT2D eigenvalue weighted by Gasteiger charge is 2.46. The number of methoxy groups -OCH3 is 1. The van der Waals surface area contributed by atoms with Gasteiger partial charge in [-0.1, -0.05) is 41.9 Å². The maximum absolute atomic E-state index is 15.3. The van der Waals surface area contributed by atoms with Crippen LogP contribution in [-0.4, -0.2) is 47.2 Å². The molecule has 4 N–H and O–H groups in total. The standard InChI is InChI=1S/C34H26BrClF2N4O5/c1-33(32(39)44)16-47-30-22(33)12-27(42-29(30)21-11-23(36)25(38)13-24(21)37)34(45,19-6-4-3-5-7-19)15-41-31(43)18-8-17-9-20(35)14-40-28(17)26(10-18)46-2/h3-14,45H,15-16H2,1-2H3,(H2,39,44)(H,41,43)/t33-,34+/m0/s1. The van der Waals surface area contributed by atoms with Crippen LogP contribution in [0.15, 0.2) is 77.4 Å². The zero-order chi connectivity index (χ0) is 33.7. The molecule has 1 aliphatic heterocycles. The molecule has 0 saturated carbocycles. The molecule has 2 amide bonds. The number of nitrogens with zero attached hydrogens (tertiary/aromatic N) is 2. The topological polar surface area (TPSA) is 137 Å². The number of aromatic nitrogens is 2. The van der Waals surface area contributed by atoms with Gasteiger partial charge in [-0.05, 0) is 58.7 Å². The molecule has 0 bridgehead atoms. The summed E-state index contributed by atoms with van der Waals surface area (Å²) >= 11 is 9.42. The molecule has 0 aliphatic carbocycles. The van der Waals surface area contributed by atoms with Crippen molar-refractivity contribution in [2.24, 2.45) is 5.73 Å². The number of hydrogen-bond acceptors (Lipinski definition) is 7. The fourth-order valence-corrected chi connectivity index (χ4v) is 6.04. The number of carbonyl (C=O) groups excluding carboxylic acids is 2. The van der Waals surface area contributed by atoms with Crippen LogP contribution in [0, 0.1) is 11.6 Å². The highest BCUT2D eigenvalue weighted by Crippen LogP contribution is 2.47. The largest absolute Gasteiger partial charge is 0.494 e. The van der Waals surface area contributed by atoms with Gasteiger partial charge in [-0.2, -0.15) is 0 Å². The first-order valence-electron chi connectivity index (χ1n) is 14.2. The van der Waals surface area contributed by atoms with E-state index in [0.717, 1.165) is 6.07 Å². The summed E-state index contributed by atoms with van der Waals surface area (Å²) in [5.74, 6) is -2.88. The lowest BCUT2D eigenvalue weighted by Crippen LogP contribution is -2.43. The van der Waals surface area contributed by atoms with E-state index in [1.165, 1.54) is 19.2 Å². The maximum atomic E-state index is 15.3. The summed E-state index contributed by atoms with van der Waals surface area (Å²) in [4.78, 5) is 35.3. The molecule has 47 heavy (non-hydrogen) atoms. The van der Waals surface area contributed by atoms with Gasteiger partial charge in [-0.25, -0.2) is 13.8 Å². The molecular formula is C34H26BrClF2N4O5. The molecule has 6 rings (SSSR count). The van der Waals surface area contributed by atoms with Crippen LogP contribution in [0.4, 0.5) is 8.78 Å². The summed E-state index contributed by atoms with van der Waals surface area (Å²) in [6.07, 6.45) is 1.61. The summed E-state index contributed by atoms with van der Waals surface area (Å²) in [5.41, 5.74) is 3.23. The number of carbonyl (C=O) groups is 2. The third kappa shape index (κ3) is 5.66. The van der Waals surface area contributed by atoms with Crippen LogP contribution in [0.25, 0.3) is 22.2 Å². The van der Waals surface area contributed by atoms with Crippen LogP contribution in [0.5, 0.6) is 11.5 Å². The molecule has 9 nitrogen and oxygen atoms in total. The smallest absolute Gasteiger partial charge is 0.251 e. The van der Waals surface area contributed by atoms with E-state index in [1.54, 1.807) is 55.6 Å². The lowest BCUT2D eigenvalue weighted by Gasteiger charge is -2.30. The number of primary amides is 1. The van der Waals surface area contributed by atoms with Gasteiger partial charge in [0.15, 0.2) is 0 Å². The van der Waals surface area contributed by atoms with E-state index in [-0.39, 0.29) is 45.5 Å². The first kappa shape index (κ1) is 32.3. The highest BCUT2D eigenvalue weighted by molar-refractivity contribution is 9.10. The Morgan fingerprint density at radius 2 is 1.89 bits per heavy atom. The molecule has 0 radical (unpaired) electrons. The van der Waals surface area contributed by atoms with Gasteiger partial charge >= 0.3 is 0 Å². The Labute approximate surface area is 280 Å². The van der Waals surface area contributed by atoms with Gasteiger partial charge in [0, 0.05) is 38.8 Å². The second-order valence-electron chi connectivity index (χ2n) is 11.3. The van der Waals surface area contributed by atoms with Crippen LogP contribution in [0.3, 0.4) is 0 Å². The zero-order valence-electron chi connectivity index (χ0n) is 24.9. The molecule has 0 spiro atoms. The monoisotopic (exact) mass is 722 g/mol. The Bertz CT molecular complexity index is 2090. The minimum atomic E-state index is -2.05. The predicted octanol–water partition coefficient (Wildman–Crippen LogP) is 5.80. The normalized spacial score (nSPS) is 16.7. The zero-order valence-corrected chi connectivity index (χ0v) is 27.2. The number of fused-ring (bicyclic) bond motifs is 2. The SMILES string of the molecule is COc1cc(C(=O)NC[C@@](O)(c2ccccc2)c2cc3c(c(-c4cc(Cl)c(F)cc4F)n2)OC[C@]3(C)C(N)=O)cc2cc(Br)cnc12. The molecule has 2 atom stereocenters. The van der Waals surface area contributed by atoms with E-state index in [0.29, 0.717) is 32.8 Å². The van der Waals surface area contributed by atoms with Gasteiger partial charge in [0.1, 0.15) is 52.0 Å². The molecule has 2 aromatic heterocycles. The Hall–Kier alpha value is -4.65. The average Bonchev–Trinajstić information content (AvgIpc) is 3.42. The molecule has 240 valence electrons. The average molecular weight is 724 g/mol. The minimum absolute atomic E-state index is 0.0269. The highest BCUT2D eigenvalue weighted by atomic mass is 79.9. The fourth-order valence-electron chi connectivity index (χ4n) is 5.53. The van der Waals surface area contributed by atoms with Gasteiger partial charge in [0.25, 0.3) is 5.91 Å². The van der Waals surface area contributed by atoms with Crippen molar-refractivity contribution in [3.8, 4) is 22.8 Å². The number of hydrogen-bond donors (Lipinski definition) is 3. The Morgan fingerprint density at radius 1 is 1.15 bits per heavy atom. The molecular weight excluding hydrogens is 698 g/mol. The molecule has 1 aliphatic rings. The first-order chi connectivity index (χ1) is 22.4. The van der Waals surface area contributed by atoms with Gasteiger partial charge < -0.3 is 25.6 Å². The van der Waals surface area contributed by atoms with Crippen molar-refractivity contribution in [1.29, 1.82) is 0 Å². The van der Waals surface area contributed by atoms with Crippen molar-refractivity contribution >= 4 is 50.2 Å². The second-order valence-corrected chi connectivity index (χ2v) is 12.6. The number of aliphatic hydroxyl groups is 1. The van der Waals surface area contributed by atoms with E-state index in [9.17, 15) is 19.1 Å². The van der Waals surface area contributed by atoms with Crippen molar-refractivity contribution in [3.63, 3.8) is 0 Å². The molecule has 3 aromatic carbocycles. The van der Waals surface area contributed by atoms with Crippen molar-refractivity contribution in [1.82, 2.24) is 15.3 Å². The van der Waals surface area contributed by atoms with Gasteiger partial charge in [-0.15, -0.1) is 0 Å². The number of halogens is 4. The summed E-state index contributed by atoms with van der Waals surface area (Å²) < 4.78 is 41.5. The van der Waals surface area contributed by atoms with E-state index < -0.39 is 41.0 Å². The molecule has 3 heterocycles. The van der Waals surface area contributed by atoms with E-state index in [1.807, 2.05) is 0 Å². The molecule has 0 saturated heterocycles. The van der Waals surface area contributed by atoms with Crippen LogP contribution < -0.4 is 20.5 Å². The number of benzene rings is 3. The fraction of sp³-hybridized carbons (Fsp3) is 0.176. The third-order valence-electron chi connectivity index (χ3n) is 8.26. The number of rotatable bonds is 8. The van der Waals surface area contributed by atoms with Gasteiger partial charge in [0.2, 0.25) is 5.91 Å². The van der Waals surface area contributed by atoms with E-state index in [2.05, 4.69) is 31.2 Å². The number of amides is 2. The Morgan fingerprint density at radius 3 is 2.60 bits per heavy atom. The quantitative estimate of drug-likeness (QED) is 0.172. The van der Waals surface area contributed by atoms with Crippen molar-refractivity contribution in [2.45, 2.75) is 17.9 Å². The van der Waals surface area contributed by atoms with Crippen LogP contribution >= 0.6 is 27.5 Å². The lowest BCUT2D eigenvalue weighted by atomic mass is 9.80. The van der Waals surface area contributed by atoms with Crippen LogP contribution in [0.2, 0.25) is 5.02 Å². The number of pyridine rings is 2. The Kier molecular flexibility index (Phi) is 8.37. The summed E-state index contributed by atoms with van der Waals surface area (Å²) in [6.45, 7) is 0.937. The number of nitrogens with two attached hydrogens (primary N) is 1. The Balaban J connectivity index is 1.50. The molecule has 5 aromatic rings. The predicted molar refractivity (Wildman–Crippen MR) is 174 cm³/mol. The second kappa shape index (κ2) is 12.2. The van der Waals surface area contributed by atoms with Crippen LogP contribution in [0.1, 0.15) is 34.1 Å². The molecule has 0 unspecified atom stereocenters. The number of nitrogens with one attached hydrogen (secondary N) is 1. The molecule has 13 heteroatoms.